The number of nitrogens with zero attached hydrogens (tertiary/aromatic N) is 1. The van der Waals surface area contributed by atoms with Gasteiger partial charge in [0.1, 0.15) is 11.6 Å². The molecule has 2 N–H and O–H groups in total. The average Bonchev–Trinajstić information content (AvgIpc) is 3.19. The van der Waals surface area contributed by atoms with E-state index in [1.54, 1.807) is 6.07 Å². The first-order valence-corrected chi connectivity index (χ1v) is 7.34. The SMILES string of the molecule is CSC1(CNc2cc(=O)[nH]c(C3CC3)n2)CC1. The van der Waals surface area contributed by atoms with Crippen LogP contribution in [-0.4, -0.2) is 27.5 Å². The second-order valence-electron chi connectivity index (χ2n) is 5.03. The Labute approximate surface area is 105 Å². The zero-order chi connectivity index (χ0) is 11.9. The molecule has 2 fully saturated rings. The molecule has 2 aliphatic carbocycles. The lowest BCUT2D eigenvalue weighted by molar-refractivity contribution is 0.887. The Morgan fingerprint density at radius 2 is 2.35 bits per heavy atom. The van der Waals surface area contributed by atoms with Gasteiger partial charge in [0.15, 0.2) is 0 Å². The van der Waals surface area contributed by atoms with E-state index in [1.807, 2.05) is 11.8 Å². The van der Waals surface area contributed by atoms with Crippen LogP contribution in [0.5, 0.6) is 0 Å². The number of thioether (sulfide) groups is 1. The maximum absolute atomic E-state index is 11.5. The Balaban J connectivity index is 1.71. The van der Waals surface area contributed by atoms with Gasteiger partial charge in [-0.15, -0.1) is 0 Å². The number of rotatable bonds is 5. The van der Waals surface area contributed by atoms with Crippen molar-refractivity contribution in [3.63, 3.8) is 0 Å². The molecule has 0 unspecified atom stereocenters. The second kappa shape index (κ2) is 4.05. The van der Waals surface area contributed by atoms with Gasteiger partial charge in [-0.05, 0) is 31.9 Å². The highest BCUT2D eigenvalue weighted by atomic mass is 32.2. The van der Waals surface area contributed by atoms with Gasteiger partial charge in [-0.1, -0.05) is 0 Å². The largest absolute Gasteiger partial charge is 0.368 e. The van der Waals surface area contributed by atoms with Gasteiger partial charge >= 0.3 is 0 Å². The predicted octanol–water partition coefficient (Wildman–Crippen LogP) is 1.95. The lowest BCUT2D eigenvalue weighted by Gasteiger charge is -2.13. The van der Waals surface area contributed by atoms with Crippen LogP contribution in [0.1, 0.15) is 37.4 Å². The Morgan fingerprint density at radius 3 is 2.94 bits per heavy atom. The zero-order valence-corrected chi connectivity index (χ0v) is 10.8. The number of hydrogen-bond donors (Lipinski definition) is 2. The normalized spacial score (nSPS) is 21.2. The van der Waals surface area contributed by atoms with Crippen LogP contribution in [0, 0.1) is 0 Å². The van der Waals surface area contributed by atoms with Gasteiger partial charge in [0.2, 0.25) is 0 Å². The minimum atomic E-state index is -0.0431. The third-order valence-corrected chi connectivity index (χ3v) is 4.98. The first-order chi connectivity index (χ1) is 8.21. The van der Waals surface area contributed by atoms with Gasteiger partial charge in [0, 0.05) is 23.3 Å². The highest BCUT2D eigenvalue weighted by Crippen LogP contribution is 2.47. The Morgan fingerprint density at radius 1 is 1.59 bits per heavy atom. The van der Waals surface area contributed by atoms with Gasteiger partial charge < -0.3 is 10.3 Å². The number of aromatic amines is 1. The highest BCUT2D eigenvalue weighted by molar-refractivity contribution is 8.00. The fourth-order valence-corrected chi connectivity index (χ4v) is 2.69. The summed E-state index contributed by atoms with van der Waals surface area (Å²) in [4.78, 5) is 18.8. The zero-order valence-electron chi connectivity index (χ0n) is 9.95. The maximum Gasteiger partial charge on any atom is 0.252 e. The van der Waals surface area contributed by atoms with Crippen molar-refractivity contribution in [2.24, 2.45) is 0 Å². The molecule has 1 aromatic heterocycles. The number of aromatic nitrogens is 2. The lowest BCUT2D eigenvalue weighted by atomic mass is 10.3. The van der Waals surface area contributed by atoms with E-state index in [4.69, 9.17) is 0 Å². The summed E-state index contributed by atoms with van der Waals surface area (Å²) in [5.74, 6) is 2.07. The van der Waals surface area contributed by atoms with Gasteiger partial charge in [-0.2, -0.15) is 11.8 Å². The molecule has 2 aliphatic rings. The monoisotopic (exact) mass is 251 g/mol. The van der Waals surface area contributed by atoms with Crippen molar-refractivity contribution in [2.45, 2.75) is 36.3 Å². The summed E-state index contributed by atoms with van der Waals surface area (Å²) in [7, 11) is 0. The highest BCUT2D eigenvalue weighted by Gasteiger charge is 2.41. The summed E-state index contributed by atoms with van der Waals surface area (Å²) in [5, 5.41) is 3.31. The smallest absolute Gasteiger partial charge is 0.252 e. The molecular formula is C12H17N3OS. The van der Waals surface area contributed by atoms with E-state index >= 15 is 0 Å². The molecule has 0 spiro atoms. The number of H-pyrrole nitrogens is 1. The van der Waals surface area contributed by atoms with E-state index in [-0.39, 0.29) is 5.56 Å². The first-order valence-electron chi connectivity index (χ1n) is 6.11. The fraction of sp³-hybridized carbons (Fsp3) is 0.667. The van der Waals surface area contributed by atoms with Crippen molar-refractivity contribution in [1.29, 1.82) is 0 Å². The van der Waals surface area contributed by atoms with E-state index in [1.165, 1.54) is 12.8 Å². The molecule has 0 bridgehead atoms. The molecule has 0 saturated heterocycles. The molecule has 2 saturated carbocycles. The summed E-state index contributed by atoms with van der Waals surface area (Å²) in [5.41, 5.74) is -0.0431. The molecule has 5 heteroatoms. The molecule has 0 atom stereocenters. The van der Waals surface area contributed by atoms with Gasteiger partial charge in [-0.25, -0.2) is 4.98 Å². The molecule has 0 aliphatic heterocycles. The number of hydrogen-bond acceptors (Lipinski definition) is 4. The molecule has 17 heavy (non-hydrogen) atoms. The van der Waals surface area contributed by atoms with E-state index < -0.39 is 0 Å². The van der Waals surface area contributed by atoms with Crippen molar-refractivity contribution in [3.05, 3.63) is 22.2 Å². The number of nitrogens with one attached hydrogen (secondary N) is 2. The molecule has 1 heterocycles. The minimum Gasteiger partial charge on any atom is -0.368 e. The minimum absolute atomic E-state index is 0.0431. The summed E-state index contributed by atoms with van der Waals surface area (Å²) >= 11 is 1.91. The maximum atomic E-state index is 11.5. The quantitative estimate of drug-likeness (QED) is 0.840. The molecule has 0 aromatic carbocycles. The van der Waals surface area contributed by atoms with Crippen LogP contribution in [-0.2, 0) is 0 Å². The van der Waals surface area contributed by atoms with Crippen molar-refractivity contribution in [2.75, 3.05) is 18.1 Å². The Hall–Kier alpha value is -0.970. The van der Waals surface area contributed by atoms with Gasteiger partial charge in [0.05, 0.1) is 0 Å². The van der Waals surface area contributed by atoms with Gasteiger partial charge in [0.25, 0.3) is 5.56 Å². The third kappa shape index (κ3) is 2.49. The summed E-state index contributed by atoms with van der Waals surface area (Å²) < 4.78 is 0.393. The van der Waals surface area contributed by atoms with Crippen LogP contribution in [0.4, 0.5) is 5.82 Å². The standard InChI is InChI=1S/C12H17N3OS/c1-17-12(4-5-12)7-13-9-6-10(16)15-11(14-9)8-2-3-8/h6,8H,2-5,7H2,1H3,(H2,13,14,15,16). The third-order valence-electron chi connectivity index (χ3n) is 3.56. The van der Waals surface area contributed by atoms with Gasteiger partial charge in [-0.3, -0.25) is 4.79 Å². The van der Waals surface area contributed by atoms with Crippen LogP contribution < -0.4 is 10.9 Å². The Bertz CT molecular complexity index is 477. The molecule has 92 valence electrons. The molecule has 0 radical (unpaired) electrons. The van der Waals surface area contributed by atoms with Crippen LogP contribution in [0.2, 0.25) is 0 Å². The summed E-state index contributed by atoms with van der Waals surface area (Å²) in [6.45, 7) is 0.911. The summed E-state index contributed by atoms with van der Waals surface area (Å²) in [6.07, 6.45) is 6.98. The van der Waals surface area contributed by atoms with Crippen molar-refractivity contribution in [1.82, 2.24) is 9.97 Å². The van der Waals surface area contributed by atoms with E-state index in [2.05, 4.69) is 21.5 Å². The fourth-order valence-electron chi connectivity index (χ4n) is 1.96. The van der Waals surface area contributed by atoms with E-state index in [9.17, 15) is 4.79 Å². The molecule has 3 rings (SSSR count). The molecule has 1 aromatic rings. The van der Waals surface area contributed by atoms with Crippen LogP contribution in [0.25, 0.3) is 0 Å². The lowest BCUT2D eigenvalue weighted by Crippen LogP contribution is -2.20. The summed E-state index contributed by atoms with van der Waals surface area (Å²) in [6, 6.07) is 1.56. The van der Waals surface area contributed by atoms with Crippen LogP contribution in [0.15, 0.2) is 10.9 Å². The second-order valence-corrected chi connectivity index (χ2v) is 6.31. The predicted molar refractivity (Wildman–Crippen MR) is 70.8 cm³/mol. The number of anilines is 1. The topological polar surface area (TPSA) is 57.8 Å². The van der Waals surface area contributed by atoms with Crippen LogP contribution >= 0.6 is 11.8 Å². The molecule has 0 amide bonds. The van der Waals surface area contributed by atoms with Crippen molar-refractivity contribution in [3.8, 4) is 0 Å². The van der Waals surface area contributed by atoms with E-state index in [0.717, 1.165) is 31.0 Å². The van der Waals surface area contributed by atoms with Crippen molar-refractivity contribution < 1.29 is 0 Å². The first kappa shape index (κ1) is 11.1. The van der Waals surface area contributed by atoms with E-state index in [0.29, 0.717) is 10.7 Å². The Kier molecular flexibility index (Phi) is 2.65. The molecular weight excluding hydrogens is 234 g/mol. The molecule has 4 nitrogen and oxygen atoms in total. The average molecular weight is 251 g/mol. The van der Waals surface area contributed by atoms with Crippen molar-refractivity contribution >= 4 is 17.6 Å². The van der Waals surface area contributed by atoms with Crippen LogP contribution in [0.3, 0.4) is 0 Å².